The fraction of sp³-hybridized carbons (Fsp3) is 0.778. The van der Waals surface area contributed by atoms with Crippen LogP contribution in [0.25, 0.3) is 0 Å². The van der Waals surface area contributed by atoms with Gasteiger partial charge >= 0.3 is 0 Å². The molecule has 3 rings (SSSR count). The van der Waals surface area contributed by atoms with E-state index in [2.05, 4.69) is 67.3 Å². The lowest BCUT2D eigenvalue weighted by molar-refractivity contribution is 0.280. The summed E-state index contributed by atoms with van der Waals surface area (Å²) in [5, 5.41) is 7.00. The second-order valence-corrected chi connectivity index (χ2v) is 12.9. The Hall–Kier alpha value is -0.423. The summed E-state index contributed by atoms with van der Waals surface area (Å²) in [5.41, 5.74) is 2.56. The number of nitrogens with one attached hydrogen (secondary N) is 2. The summed E-state index contributed by atoms with van der Waals surface area (Å²) in [6.45, 7) is 15.5. The quantitative estimate of drug-likeness (QED) is 0.781. The van der Waals surface area contributed by atoms with E-state index in [1.54, 1.807) is 5.57 Å². The monoisotopic (exact) mass is 319 g/mol. The highest BCUT2D eigenvalue weighted by Crippen LogP contribution is 2.56. The minimum absolute atomic E-state index is 0.687. The molecule has 0 aromatic carbocycles. The van der Waals surface area contributed by atoms with E-state index < -0.39 is 8.24 Å². The molecule has 2 aliphatic carbocycles. The van der Waals surface area contributed by atoms with Crippen molar-refractivity contribution in [1.82, 2.24) is 15.2 Å². The number of nitrogens with zero attached hydrogens (tertiary/aromatic N) is 1. The molecule has 0 bridgehead atoms. The zero-order valence-electron chi connectivity index (χ0n) is 14.9. The van der Waals surface area contributed by atoms with E-state index in [0.717, 1.165) is 43.3 Å². The fourth-order valence-electron chi connectivity index (χ4n) is 5.30. The van der Waals surface area contributed by atoms with Crippen LogP contribution in [0.3, 0.4) is 0 Å². The maximum absolute atomic E-state index is 3.50. The van der Waals surface area contributed by atoms with E-state index >= 15 is 0 Å². The Kier molecular flexibility index (Phi) is 4.65. The van der Waals surface area contributed by atoms with E-state index in [1.165, 1.54) is 6.42 Å². The van der Waals surface area contributed by atoms with Crippen molar-refractivity contribution in [3.05, 3.63) is 23.8 Å². The minimum Gasteiger partial charge on any atom is -0.299 e. The molecule has 0 aromatic rings. The Labute approximate surface area is 137 Å². The standard InChI is InChI=1S/C18H33N3Si/c1-13(2)15-7-6-8-16-17(15)9-14(3)18(16)22(4,5)21-11-19-10-20-12-21/h6-8,13-14,16-20H,9-12H2,1-5H3. The predicted molar refractivity (Wildman–Crippen MR) is 96.8 cm³/mol. The van der Waals surface area contributed by atoms with E-state index in [9.17, 15) is 0 Å². The van der Waals surface area contributed by atoms with Crippen molar-refractivity contribution in [2.24, 2.45) is 23.7 Å². The average molecular weight is 320 g/mol. The van der Waals surface area contributed by atoms with E-state index in [1.807, 2.05) is 0 Å². The van der Waals surface area contributed by atoms with Crippen LogP contribution < -0.4 is 10.6 Å². The zero-order valence-corrected chi connectivity index (χ0v) is 15.9. The van der Waals surface area contributed by atoms with Crippen molar-refractivity contribution >= 4 is 8.24 Å². The van der Waals surface area contributed by atoms with E-state index in [-0.39, 0.29) is 0 Å². The summed E-state index contributed by atoms with van der Waals surface area (Å²) >= 11 is 0. The summed E-state index contributed by atoms with van der Waals surface area (Å²) < 4.78 is 2.72. The summed E-state index contributed by atoms with van der Waals surface area (Å²) in [7, 11) is -1.48. The molecule has 1 saturated heterocycles. The molecule has 2 fully saturated rings. The van der Waals surface area contributed by atoms with Crippen molar-refractivity contribution in [1.29, 1.82) is 0 Å². The molecule has 3 nitrogen and oxygen atoms in total. The van der Waals surface area contributed by atoms with Gasteiger partial charge in [-0.25, -0.2) is 0 Å². The Bertz CT molecular complexity index is 463. The van der Waals surface area contributed by atoms with Crippen LogP contribution in [-0.4, -0.2) is 32.8 Å². The highest BCUT2D eigenvalue weighted by Gasteiger charge is 2.52. The van der Waals surface area contributed by atoms with Gasteiger partial charge in [0.25, 0.3) is 0 Å². The van der Waals surface area contributed by atoms with Crippen LogP contribution in [0.4, 0.5) is 0 Å². The maximum Gasteiger partial charge on any atom is 0.129 e. The largest absolute Gasteiger partial charge is 0.299 e. The lowest BCUT2D eigenvalue weighted by atomic mass is 9.79. The minimum atomic E-state index is -1.48. The Morgan fingerprint density at radius 1 is 1.23 bits per heavy atom. The van der Waals surface area contributed by atoms with Crippen LogP contribution in [0.5, 0.6) is 0 Å². The van der Waals surface area contributed by atoms with Crippen LogP contribution >= 0.6 is 0 Å². The molecule has 1 heterocycles. The van der Waals surface area contributed by atoms with Gasteiger partial charge in [-0.3, -0.25) is 15.2 Å². The number of hydrogen-bond acceptors (Lipinski definition) is 3. The van der Waals surface area contributed by atoms with E-state index in [4.69, 9.17) is 0 Å². The lowest BCUT2D eigenvalue weighted by Gasteiger charge is -2.47. The number of hydrogen-bond donors (Lipinski definition) is 2. The maximum atomic E-state index is 3.50. The van der Waals surface area contributed by atoms with Gasteiger partial charge in [0.05, 0.1) is 0 Å². The first-order valence-corrected chi connectivity index (χ1v) is 12.0. The van der Waals surface area contributed by atoms with Crippen molar-refractivity contribution in [2.45, 2.75) is 45.8 Å². The van der Waals surface area contributed by atoms with Crippen LogP contribution in [0.2, 0.25) is 18.6 Å². The Morgan fingerprint density at radius 2 is 1.91 bits per heavy atom. The molecule has 22 heavy (non-hydrogen) atoms. The molecule has 0 spiro atoms. The van der Waals surface area contributed by atoms with Gasteiger partial charge in [-0.05, 0) is 35.6 Å². The van der Waals surface area contributed by atoms with Crippen LogP contribution in [-0.2, 0) is 0 Å². The van der Waals surface area contributed by atoms with Crippen LogP contribution in [0.15, 0.2) is 23.8 Å². The van der Waals surface area contributed by atoms with Crippen molar-refractivity contribution in [3.63, 3.8) is 0 Å². The molecule has 1 saturated carbocycles. The SMILES string of the molecule is CC(C)C1=CC=CC2C1CC(C)C2[Si](C)(C)N1CNCNC1. The topological polar surface area (TPSA) is 27.3 Å². The van der Waals surface area contributed by atoms with Gasteiger partial charge in [0, 0.05) is 20.0 Å². The van der Waals surface area contributed by atoms with Gasteiger partial charge in [-0.2, -0.15) is 0 Å². The molecular weight excluding hydrogens is 286 g/mol. The molecule has 0 radical (unpaired) electrons. The zero-order chi connectivity index (χ0) is 15.9. The summed E-state index contributed by atoms with van der Waals surface area (Å²) in [6.07, 6.45) is 8.66. The van der Waals surface area contributed by atoms with Gasteiger partial charge in [0.15, 0.2) is 0 Å². The predicted octanol–water partition coefficient (Wildman–Crippen LogP) is 3.35. The number of fused-ring (bicyclic) bond motifs is 1. The molecule has 4 unspecified atom stereocenters. The molecule has 3 aliphatic rings. The van der Waals surface area contributed by atoms with Crippen LogP contribution in [0, 0.1) is 23.7 Å². The highest BCUT2D eigenvalue weighted by atomic mass is 28.3. The summed E-state index contributed by atoms with van der Waals surface area (Å²) in [6, 6.07) is 0. The third-order valence-electron chi connectivity index (χ3n) is 6.32. The number of allylic oxidation sites excluding steroid dienone is 4. The first-order chi connectivity index (χ1) is 10.4. The van der Waals surface area contributed by atoms with E-state index in [0.29, 0.717) is 5.92 Å². The molecule has 4 atom stereocenters. The number of rotatable bonds is 3. The third kappa shape index (κ3) is 2.75. The molecule has 124 valence electrons. The summed E-state index contributed by atoms with van der Waals surface area (Å²) in [4.78, 5) is 0. The van der Waals surface area contributed by atoms with Crippen molar-refractivity contribution < 1.29 is 0 Å². The first kappa shape index (κ1) is 16.4. The second-order valence-electron chi connectivity index (χ2n) is 8.32. The van der Waals surface area contributed by atoms with Crippen molar-refractivity contribution in [2.75, 3.05) is 20.0 Å². The second kappa shape index (κ2) is 6.23. The average Bonchev–Trinajstić information content (AvgIpc) is 2.84. The molecule has 4 heteroatoms. The molecule has 0 amide bonds. The van der Waals surface area contributed by atoms with Gasteiger partial charge in [0.1, 0.15) is 8.24 Å². The van der Waals surface area contributed by atoms with Gasteiger partial charge in [0.2, 0.25) is 0 Å². The van der Waals surface area contributed by atoms with Gasteiger partial charge in [-0.15, -0.1) is 0 Å². The Balaban J connectivity index is 1.85. The Morgan fingerprint density at radius 3 is 2.55 bits per heavy atom. The van der Waals surface area contributed by atoms with Gasteiger partial charge < -0.3 is 0 Å². The van der Waals surface area contributed by atoms with Crippen molar-refractivity contribution in [3.8, 4) is 0 Å². The summed E-state index contributed by atoms with van der Waals surface area (Å²) in [5.74, 6) is 3.08. The first-order valence-electron chi connectivity index (χ1n) is 8.97. The van der Waals surface area contributed by atoms with Crippen LogP contribution in [0.1, 0.15) is 27.2 Å². The molecule has 1 aliphatic heterocycles. The molecular formula is C18H33N3Si. The third-order valence-corrected chi connectivity index (χ3v) is 10.9. The normalized spacial score (nSPS) is 36.5. The highest BCUT2D eigenvalue weighted by molar-refractivity contribution is 6.76. The smallest absolute Gasteiger partial charge is 0.129 e. The lowest BCUT2D eigenvalue weighted by Crippen LogP contribution is -2.63. The van der Waals surface area contributed by atoms with Gasteiger partial charge in [-0.1, -0.05) is 57.7 Å². The molecule has 0 aromatic heterocycles. The molecule has 2 N–H and O–H groups in total. The fourth-order valence-corrected chi connectivity index (χ4v) is 9.57.